The molecule has 0 bridgehead atoms. The van der Waals surface area contributed by atoms with Gasteiger partial charge in [-0.05, 0) is 16.7 Å². The third-order valence-electron chi connectivity index (χ3n) is 7.74. The van der Waals surface area contributed by atoms with E-state index < -0.39 is 33.1 Å². The molecule has 0 unspecified atom stereocenters. The van der Waals surface area contributed by atoms with Gasteiger partial charge in [-0.3, -0.25) is 18.6 Å². The second kappa shape index (κ2) is 17.4. The molecule has 2 amide bonds. The van der Waals surface area contributed by atoms with Gasteiger partial charge in [-0.25, -0.2) is 0 Å². The van der Waals surface area contributed by atoms with Crippen LogP contribution in [0, 0.1) is 5.41 Å². The Labute approximate surface area is 292 Å². The quantitative estimate of drug-likeness (QED) is 0.0832. The molecule has 49 heavy (non-hydrogen) atoms. The van der Waals surface area contributed by atoms with Crippen molar-refractivity contribution in [3.63, 3.8) is 0 Å². The smallest absolute Gasteiger partial charge is 0.265 e. The van der Waals surface area contributed by atoms with E-state index >= 15 is 0 Å². The summed E-state index contributed by atoms with van der Waals surface area (Å²) in [7, 11) is -4.07. The maximum absolute atomic E-state index is 13.5. The molecule has 0 radical (unpaired) electrons. The van der Waals surface area contributed by atoms with Crippen LogP contribution in [0.25, 0.3) is 0 Å². The summed E-state index contributed by atoms with van der Waals surface area (Å²) in [6, 6.07) is 38.0. The van der Waals surface area contributed by atoms with Crippen molar-refractivity contribution in [3.05, 3.63) is 144 Å². The lowest BCUT2D eigenvalue weighted by Gasteiger charge is -2.40. The SMILES string of the molecule is CC(C)(COC(c1ccccc1)(c1ccccc1)c1ccccc1)[C@H](OS(C)(=O)=O)C(=O)NCCC(=O)NCCSC(=O)c1ccccc1. The highest BCUT2D eigenvalue weighted by atomic mass is 32.2. The molecule has 0 aliphatic heterocycles. The van der Waals surface area contributed by atoms with Crippen molar-refractivity contribution in [3.8, 4) is 0 Å². The zero-order chi connectivity index (χ0) is 35.3. The number of hydrogen-bond donors (Lipinski definition) is 2. The Hall–Kier alpha value is -4.29. The zero-order valence-corrected chi connectivity index (χ0v) is 29.5. The highest BCUT2D eigenvalue weighted by Crippen LogP contribution is 2.42. The predicted molar refractivity (Wildman–Crippen MR) is 193 cm³/mol. The molecule has 11 heteroatoms. The van der Waals surface area contributed by atoms with Gasteiger partial charge in [0.25, 0.3) is 16.0 Å². The zero-order valence-electron chi connectivity index (χ0n) is 27.8. The molecule has 0 aliphatic carbocycles. The lowest BCUT2D eigenvalue weighted by atomic mass is 9.79. The van der Waals surface area contributed by atoms with Crippen LogP contribution in [0.4, 0.5) is 0 Å². The number of carbonyl (C=O) groups excluding carboxylic acids is 3. The van der Waals surface area contributed by atoms with E-state index in [0.29, 0.717) is 11.3 Å². The summed E-state index contributed by atoms with van der Waals surface area (Å²) in [6.45, 7) is 3.54. The Morgan fingerprint density at radius 3 is 1.65 bits per heavy atom. The fourth-order valence-electron chi connectivity index (χ4n) is 5.31. The molecule has 0 spiro atoms. The van der Waals surface area contributed by atoms with Gasteiger partial charge in [-0.1, -0.05) is 147 Å². The monoisotopic (exact) mass is 702 g/mol. The second-order valence-electron chi connectivity index (χ2n) is 12.1. The van der Waals surface area contributed by atoms with Crippen LogP contribution >= 0.6 is 11.8 Å². The van der Waals surface area contributed by atoms with Crippen LogP contribution in [0.5, 0.6) is 0 Å². The van der Waals surface area contributed by atoms with E-state index in [1.165, 1.54) is 0 Å². The Balaban J connectivity index is 1.45. The Morgan fingerprint density at radius 1 is 0.714 bits per heavy atom. The van der Waals surface area contributed by atoms with Crippen molar-refractivity contribution in [2.24, 2.45) is 5.41 Å². The first-order valence-corrected chi connectivity index (χ1v) is 18.7. The summed E-state index contributed by atoms with van der Waals surface area (Å²) in [5, 5.41) is 5.31. The van der Waals surface area contributed by atoms with Crippen molar-refractivity contribution in [2.75, 3.05) is 31.7 Å². The van der Waals surface area contributed by atoms with E-state index in [9.17, 15) is 22.8 Å². The summed E-state index contributed by atoms with van der Waals surface area (Å²) in [5.41, 5.74) is 0.870. The van der Waals surface area contributed by atoms with Crippen molar-refractivity contribution < 1.29 is 31.7 Å². The molecule has 4 aromatic carbocycles. The fourth-order valence-corrected chi connectivity index (χ4v) is 6.70. The summed E-state index contributed by atoms with van der Waals surface area (Å²) >= 11 is 1.11. The van der Waals surface area contributed by atoms with Gasteiger partial charge in [0.2, 0.25) is 11.0 Å². The molecule has 0 heterocycles. The van der Waals surface area contributed by atoms with Crippen LogP contribution in [-0.2, 0) is 34.2 Å². The standard InChI is InChI=1S/C38H42N2O7S2/c1-37(2,28-46-38(30-18-10-5-11-19-30,31-20-12-6-13-21-31)32-22-14-7-15-23-32)34(47-49(3,44)45)35(42)40-25-24-33(41)39-26-27-48-36(43)29-16-8-4-9-17-29/h4-23,34H,24-28H2,1-3H3,(H,39,41)(H,40,42)/t34-/m1/s1. The average Bonchev–Trinajstić information content (AvgIpc) is 3.10. The van der Waals surface area contributed by atoms with Gasteiger partial charge in [0.1, 0.15) is 5.60 Å². The molecular formula is C38H42N2O7S2. The minimum absolute atomic E-state index is 0.0509. The van der Waals surface area contributed by atoms with E-state index in [4.69, 9.17) is 8.92 Å². The number of benzene rings is 4. The number of carbonyl (C=O) groups is 3. The minimum Gasteiger partial charge on any atom is -0.360 e. The molecule has 4 aromatic rings. The number of hydrogen-bond acceptors (Lipinski definition) is 8. The van der Waals surface area contributed by atoms with Crippen LogP contribution < -0.4 is 10.6 Å². The van der Waals surface area contributed by atoms with Crippen LogP contribution in [0.15, 0.2) is 121 Å². The molecule has 9 nitrogen and oxygen atoms in total. The van der Waals surface area contributed by atoms with Gasteiger partial charge in [0.05, 0.1) is 12.9 Å². The van der Waals surface area contributed by atoms with Gasteiger partial charge in [-0.15, -0.1) is 0 Å². The van der Waals surface area contributed by atoms with Crippen molar-refractivity contribution in [1.82, 2.24) is 10.6 Å². The summed E-state index contributed by atoms with van der Waals surface area (Å²) in [5.74, 6) is -0.629. The highest BCUT2D eigenvalue weighted by molar-refractivity contribution is 8.14. The Kier molecular flexibility index (Phi) is 13.3. The molecular weight excluding hydrogens is 661 g/mol. The van der Waals surface area contributed by atoms with Crippen LogP contribution in [0.3, 0.4) is 0 Å². The molecule has 0 fully saturated rings. The Morgan fingerprint density at radius 2 is 1.18 bits per heavy atom. The summed E-state index contributed by atoms with van der Waals surface area (Å²) in [4.78, 5) is 38.2. The van der Waals surface area contributed by atoms with Gasteiger partial charge < -0.3 is 15.4 Å². The fraction of sp³-hybridized carbons (Fsp3) is 0.289. The van der Waals surface area contributed by atoms with Crippen LogP contribution in [0.1, 0.15) is 47.3 Å². The maximum atomic E-state index is 13.5. The van der Waals surface area contributed by atoms with Gasteiger partial charge >= 0.3 is 0 Å². The maximum Gasteiger partial charge on any atom is 0.265 e. The molecule has 0 saturated carbocycles. The molecule has 1 atom stereocenters. The highest BCUT2D eigenvalue weighted by Gasteiger charge is 2.44. The van der Waals surface area contributed by atoms with E-state index in [2.05, 4.69) is 10.6 Å². The van der Waals surface area contributed by atoms with E-state index in [0.717, 1.165) is 34.7 Å². The van der Waals surface area contributed by atoms with Gasteiger partial charge in [0.15, 0.2) is 6.10 Å². The summed E-state index contributed by atoms with van der Waals surface area (Å²) < 4.78 is 37.1. The lowest BCUT2D eigenvalue weighted by molar-refractivity contribution is -0.138. The molecule has 0 aromatic heterocycles. The third-order valence-corrected chi connectivity index (χ3v) is 9.19. The third kappa shape index (κ3) is 10.6. The van der Waals surface area contributed by atoms with Crippen molar-refractivity contribution in [1.29, 1.82) is 0 Å². The summed E-state index contributed by atoms with van der Waals surface area (Å²) in [6.07, 6.45) is -0.628. The minimum atomic E-state index is -4.07. The van der Waals surface area contributed by atoms with Crippen molar-refractivity contribution >= 4 is 38.8 Å². The molecule has 2 N–H and O–H groups in total. The van der Waals surface area contributed by atoms with E-state index in [1.54, 1.807) is 38.1 Å². The van der Waals surface area contributed by atoms with Crippen LogP contribution in [-0.4, -0.2) is 63.2 Å². The first kappa shape index (κ1) is 37.5. The van der Waals surface area contributed by atoms with Gasteiger partial charge in [0, 0.05) is 36.2 Å². The number of amides is 2. The molecule has 4 rings (SSSR count). The molecule has 258 valence electrons. The molecule has 0 saturated heterocycles. The second-order valence-corrected chi connectivity index (χ2v) is 14.8. The van der Waals surface area contributed by atoms with Crippen molar-refractivity contribution in [2.45, 2.75) is 32.0 Å². The van der Waals surface area contributed by atoms with Crippen LogP contribution in [0.2, 0.25) is 0 Å². The van der Waals surface area contributed by atoms with E-state index in [-0.39, 0.29) is 37.1 Å². The van der Waals surface area contributed by atoms with E-state index in [1.807, 2.05) is 97.1 Å². The number of thioether (sulfide) groups is 1. The lowest BCUT2D eigenvalue weighted by Crippen LogP contribution is -2.50. The molecule has 0 aliphatic rings. The topological polar surface area (TPSA) is 128 Å². The number of nitrogens with one attached hydrogen (secondary N) is 2. The Bertz CT molecular complexity index is 1670. The number of rotatable bonds is 17. The largest absolute Gasteiger partial charge is 0.360 e. The number of ether oxygens (including phenoxy) is 1. The average molecular weight is 703 g/mol. The first-order chi connectivity index (χ1) is 23.4. The predicted octanol–water partition coefficient (Wildman–Crippen LogP) is 5.56. The van der Waals surface area contributed by atoms with Gasteiger partial charge in [-0.2, -0.15) is 8.42 Å². The first-order valence-electron chi connectivity index (χ1n) is 15.9. The normalized spacial score (nSPS) is 12.6.